The molecule has 3 rings (SSSR count). The standard InChI is InChI=1S/C11H9IN4O2S/c1-18-5-9-13-14-11-16(9)15-10(19-11)7-4-6(12)2-3-8(7)17/h2-4,17H,5H2,1H3. The van der Waals surface area contributed by atoms with Gasteiger partial charge in [-0.1, -0.05) is 11.3 Å². The molecule has 1 aromatic carbocycles. The second-order valence-corrected chi connectivity index (χ2v) is 6.01. The number of halogens is 1. The Balaban J connectivity index is 2.12. The maximum absolute atomic E-state index is 9.92. The fourth-order valence-electron chi connectivity index (χ4n) is 1.66. The first kappa shape index (κ1) is 12.8. The molecule has 0 fully saturated rings. The molecule has 0 saturated heterocycles. The van der Waals surface area contributed by atoms with Crippen molar-refractivity contribution in [3.05, 3.63) is 27.6 Å². The van der Waals surface area contributed by atoms with E-state index in [-0.39, 0.29) is 5.75 Å². The van der Waals surface area contributed by atoms with Gasteiger partial charge in [-0.25, -0.2) is 0 Å². The molecule has 0 radical (unpaired) electrons. The fourth-order valence-corrected chi connectivity index (χ4v) is 3.04. The Morgan fingerprint density at radius 1 is 1.42 bits per heavy atom. The Bertz CT molecular complexity index is 739. The summed E-state index contributed by atoms with van der Waals surface area (Å²) in [5.41, 5.74) is 0.700. The number of methoxy groups -OCH3 is 1. The van der Waals surface area contributed by atoms with Gasteiger partial charge in [0.15, 0.2) is 10.8 Å². The van der Waals surface area contributed by atoms with Gasteiger partial charge in [-0.15, -0.1) is 10.2 Å². The molecule has 2 heterocycles. The summed E-state index contributed by atoms with van der Waals surface area (Å²) in [6, 6.07) is 5.39. The maximum atomic E-state index is 9.92. The molecule has 3 aromatic rings. The van der Waals surface area contributed by atoms with Gasteiger partial charge in [0.05, 0.1) is 5.56 Å². The van der Waals surface area contributed by atoms with Crippen LogP contribution in [0.1, 0.15) is 5.82 Å². The first-order valence-corrected chi connectivity index (χ1v) is 7.27. The van der Waals surface area contributed by atoms with Gasteiger partial charge in [0.2, 0.25) is 4.96 Å². The monoisotopic (exact) mass is 388 g/mol. The van der Waals surface area contributed by atoms with Crippen LogP contribution in [0.2, 0.25) is 0 Å². The lowest BCUT2D eigenvalue weighted by molar-refractivity contribution is 0.176. The summed E-state index contributed by atoms with van der Waals surface area (Å²) in [5.74, 6) is 0.851. The van der Waals surface area contributed by atoms with Gasteiger partial charge in [0.1, 0.15) is 12.4 Å². The highest BCUT2D eigenvalue weighted by atomic mass is 127. The normalized spacial score (nSPS) is 11.3. The topological polar surface area (TPSA) is 72.5 Å². The molecule has 0 saturated carbocycles. The minimum Gasteiger partial charge on any atom is -0.507 e. The predicted octanol–water partition coefficient (Wildman–Crippen LogP) is 2.31. The minimum atomic E-state index is 0.207. The van der Waals surface area contributed by atoms with Gasteiger partial charge >= 0.3 is 0 Å². The molecule has 0 aliphatic carbocycles. The summed E-state index contributed by atoms with van der Waals surface area (Å²) in [7, 11) is 1.60. The van der Waals surface area contributed by atoms with E-state index in [0.29, 0.717) is 28.0 Å². The van der Waals surface area contributed by atoms with Crippen LogP contribution in [0, 0.1) is 3.57 Å². The third-order valence-electron chi connectivity index (χ3n) is 2.52. The zero-order chi connectivity index (χ0) is 13.4. The number of fused-ring (bicyclic) bond motifs is 1. The van der Waals surface area contributed by atoms with E-state index in [4.69, 9.17) is 4.74 Å². The Kier molecular flexibility index (Phi) is 3.37. The molecule has 19 heavy (non-hydrogen) atoms. The minimum absolute atomic E-state index is 0.207. The number of benzene rings is 1. The van der Waals surface area contributed by atoms with E-state index >= 15 is 0 Å². The van der Waals surface area contributed by atoms with E-state index in [9.17, 15) is 5.11 Å². The van der Waals surface area contributed by atoms with Crippen molar-refractivity contribution in [2.24, 2.45) is 0 Å². The summed E-state index contributed by atoms with van der Waals surface area (Å²) in [6.07, 6.45) is 0. The Hall–Kier alpha value is -1.26. The number of ether oxygens (including phenoxy) is 1. The average Bonchev–Trinajstić information content (AvgIpc) is 2.95. The van der Waals surface area contributed by atoms with Crippen LogP contribution < -0.4 is 0 Å². The molecule has 8 heteroatoms. The molecule has 0 aliphatic rings. The van der Waals surface area contributed by atoms with Gasteiger partial charge in [0.25, 0.3) is 0 Å². The number of phenols is 1. The average molecular weight is 388 g/mol. The quantitative estimate of drug-likeness (QED) is 0.698. The van der Waals surface area contributed by atoms with Crippen LogP contribution in [0.15, 0.2) is 18.2 Å². The van der Waals surface area contributed by atoms with Gasteiger partial charge in [-0.2, -0.15) is 9.61 Å². The fraction of sp³-hybridized carbons (Fsp3) is 0.182. The van der Waals surface area contributed by atoms with Crippen LogP contribution in [0.5, 0.6) is 5.75 Å². The van der Waals surface area contributed by atoms with Crippen LogP contribution in [-0.4, -0.2) is 32.0 Å². The molecule has 0 unspecified atom stereocenters. The summed E-state index contributed by atoms with van der Waals surface area (Å²) < 4.78 is 7.72. The molecule has 2 aromatic heterocycles. The molecule has 0 bridgehead atoms. The largest absolute Gasteiger partial charge is 0.507 e. The van der Waals surface area contributed by atoms with Crippen LogP contribution in [0.4, 0.5) is 0 Å². The van der Waals surface area contributed by atoms with E-state index in [0.717, 1.165) is 3.57 Å². The predicted molar refractivity (Wildman–Crippen MR) is 79.2 cm³/mol. The van der Waals surface area contributed by atoms with E-state index in [2.05, 4.69) is 37.9 Å². The van der Waals surface area contributed by atoms with Crippen molar-refractivity contribution in [3.63, 3.8) is 0 Å². The number of nitrogens with zero attached hydrogens (tertiary/aromatic N) is 4. The highest BCUT2D eigenvalue weighted by Crippen LogP contribution is 2.33. The molecule has 6 nitrogen and oxygen atoms in total. The van der Waals surface area contributed by atoms with Crippen molar-refractivity contribution in [2.45, 2.75) is 6.61 Å². The lowest BCUT2D eigenvalue weighted by atomic mass is 10.2. The molecule has 98 valence electrons. The molecule has 1 N–H and O–H groups in total. The summed E-state index contributed by atoms with van der Waals surface area (Å²) in [4.78, 5) is 0.681. The number of rotatable bonds is 3. The Morgan fingerprint density at radius 2 is 2.26 bits per heavy atom. The first-order valence-electron chi connectivity index (χ1n) is 5.38. The third kappa shape index (κ3) is 2.30. The molecular weight excluding hydrogens is 379 g/mol. The van der Waals surface area contributed by atoms with Crippen molar-refractivity contribution in [3.8, 4) is 16.3 Å². The molecule has 0 spiro atoms. The number of hydrogen-bond donors (Lipinski definition) is 1. The second kappa shape index (κ2) is 5.02. The van der Waals surface area contributed by atoms with Crippen molar-refractivity contribution >= 4 is 38.9 Å². The third-order valence-corrected chi connectivity index (χ3v) is 4.12. The van der Waals surface area contributed by atoms with E-state index in [1.165, 1.54) is 11.3 Å². The maximum Gasteiger partial charge on any atom is 0.235 e. The Morgan fingerprint density at radius 3 is 3.05 bits per heavy atom. The number of aromatic hydroxyl groups is 1. The zero-order valence-electron chi connectivity index (χ0n) is 9.87. The van der Waals surface area contributed by atoms with Crippen molar-refractivity contribution in [1.29, 1.82) is 0 Å². The highest BCUT2D eigenvalue weighted by molar-refractivity contribution is 14.1. The summed E-state index contributed by atoms with van der Waals surface area (Å²) in [6.45, 7) is 0.350. The van der Waals surface area contributed by atoms with Gasteiger partial charge in [0, 0.05) is 10.7 Å². The van der Waals surface area contributed by atoms with Gasteiger partial charge in [-0.05, 0) is 40.8 Å². The number of aromatic nitrogens is 4. The van der Waals surface area contributed by atoms with E-state index in [1.807, 2.05) is 12.1 Å². The van der Waals surface area contributed by atoms with Crippen LogP contribution in [-0.2, 0) is 11.3 Å². The summed E-state index contributed by atoms with van der Waals surface area (Å²) >= 11 is 3.58. The number of phenolic OH excluding ortho intramolecular Hbond substituents is 1. The summed E-state index contributed by atoms with van der Waals surface area (Å²) in [5, 5.41) is 23.1. The van der Waals surface area contributed by atoms with E-state index in [1.54, 1.807) is 17.7 Å². The molecule has 0 amide bonds. The van der Waals surface area contributed by atoms with Crippen LogP contribution in [0.3, 0.4) is 0 Å². The van der Waals surface area contributed by atoms with Gasteiger partial charge < -0.3 is 9.84 Å². The van der Waals surface area contributed by atoms with E-state index < -0.39 is 0 Å². The lowest BCUT2D eigenvalue weighted by Gasteiger charge is -2.00. The van der Waals surface area contributed by atoms with Gasteiger partial charge in [-0.3, -0.25) is 0 Å². The SMILES string of the molecule is COCc1nnc2sc(-c3cc(I)ccc3O)nn12. The molecule has 0 atom stereocenters. The smallest absolute Gasteiger partial charge is 0.235 e. The van der Waals surface area contributed by atoms with Crippen molar-refractivity contribution in [1.82, 2.24) is 19.8 Å². The molecule has 0 aliphatic heterocycles. The van der Waals surface area contributed by atoms with Crippen LogP contribution >= 0.6 is 33.9 Å². The Labute approximate surface area is 126 Å². The highest BCUT2D eigenvalue weighted by Gasteiger charge is 2.15. The lowest BCUT2D eigenvalue weighted by Crippen LogP contribution is -1.97. The molecular formula is C11H9IN4O2S. The first-order chi connectivity index (χ1) is 9.19. The zero-order valence-corrected chi connectivity index (χ0v) is 12.8. The number of hydrogen-bond acceptors (Lipinski definition) is 6. The van der Waals surface area contributed by atoms with Crippen molar-refractivity contribution in [2.75, 3.05) is 7.11 Å². The van der Waals surface area contributed by atoms with Crippen LogP contribution in [0.25, 0.3) is 15.5 Å². The van der Waals surface area contributed by atoms with Crippen molar-refractivity contribution < 1.29 is 9.84 Å². The second-order valence-electron chi connectivity index (χ2n) is 3.81.